The molecule has 16 heavy (non-hydrogen) atoms. The summed E-state index contributed by atoms with van der Waals surface area (Å²) in [6, 6.07) is 8.37. The minimum absolute atomic E-state index is 0.203. The summed E-state index contributed by atoms with van der Waals surface area (Å²) in [5.41, 5.74) is 2.46. The van der Waals surface area contributed by atoms with Gasteiger partial charge in [-0.1, -0.05) is 19.1 Å². The van der Waals surface area contributed by atoms with Gasteiger partial charge in [0.1, 0.15) is 0 Å². The molecule has 0 radical (unpaired) electrons. The van der Waals surface area contributed by atoms with Gasteiger partial charge in [0.25, 0.3) is 0 Å². The Hall–Kier alpha value is -1.51. The lowest BCUT2D eigenvalue weighted by atomic mass is 10.1. The Bertz CT molecular complexity index is 389. The van der Waals surface area contributed by atoms with E-state index in [9.17, 15) is 4.79 Å². The molecule has 1 unspecified atom stereocenters. The summed E-state index contributed by atoms with van der Waals surface area (Å²) in [4.78, 5) is 13.0. The second-order valence-corrected chi connectivity index (χ2v) is 4.29. The summed E-state index contributed by atoms with van der Waals surface area (Å²) in [6.07, 6.45) is 1.77. The minimum atomic E-state index is -0.672. The summed E-state index contributed by atoms with van der Waals surface area (Å²) in [5, 5.41) is 8.95. The highest BCUT2D eigenvalue weighted by atomic mass is 16.4. The number of rotatable bonds is 3. The van der Waals surface area contributed by atoms with Crippen molar-refractivity contribution in [3.63, 3.8) is 0 Å². The van der Waals surface area contributed by atoms with Gasteiger partial charge >= 0.3 is 5.97 Å². The molecule has 1 aromatic carbocycles. The van der Waals surface area contributed by atoms with Crippen molar-refractivity contribution in [2.45, 2.75) is 19.8 Å². The molecular weight excluding hydrogens is 202 g/mol. The van der Waals surface area contributed by atoms with Gasteiger partial charge in [-0.25, -0.2) is 0 Å². The predicted octanol–water partition coefficient (Wildman–Crippen LogP) is 2.16. The molecule has 1 saturated heterocycles. The molecule has 1 atom stereocenters. The number of carboxylic acids is 1. The van der Waals surface area contributed by atoms with Crippen LogP contribution in [0.3, 0.4) is 0 Å². The summed E-state index contributed by atoms with van der Waals surface area (Å²) >= 11 is 0. The molecule has 86 valence electrons. The molecule has 2 rings (SSSR count). The van der Waals surface area contributed by atoms with Gasteiger partial charge in [-0.15, -0.1) is 0 Å². The predicted molar refractivity (Wildman–Crippen MR) is 63.8 cm³/mol. The van der Waals surface area contributed by atoms with Crippen molar-refractivity contribution in [1.29, 1.82) is 0 Å². The van der Waals surface area contributed by atoms with E-state index in [2.05, 4.69) is 30.0 Å². The number of aliphatic carboxylic acids is 1. The summed E-state index contributed by atoms with van der Waals surface area (Å²) in [5.74, 6) is -0.876. The first-order valence-corrected chi connectivity index (χ1v) is 5.77. The average molecular weight is 219 g/mol. The molecule has 1 fully saturated rings. The SMILES string of the molecule is CCc1cccc(N2CCC(C(=O)O)C2)c1. The Morgan fingerprint density at radius 1 is 1.56 bits per heavy atom. The van der Waals surface area contributed by atoms with E-state index in [-0.39, 0.29) is 5.92 Å². The maximum atomic E-state index is 10.9. The van der Waals surface area contributed by atoms with Crippen LogP contribution in [-0.4, -0.2) is 24.2 Å². The van der Waals surface area contributed by atoms with Crippen molar-refractivity contribution in [1.82, 2.24) is 0 Å². The Morgan fingerprint density at radius 2 is 2.38 bits per heavy atom. The number of benzene rings is 1. The number of carboxylic acid groups (broad SMARTS) is 1. The summed E-state index contributed by atoms with van der Waals surface area (Å²) < 4.78 is 0. The van der Waals surface area contributed by atoms with E-state index in [0.717, 1.165) is 25.1 Å². The molecule has 3 nitrogen and oxygen atoms in total. The quantitative estimate of drug-likeness (QED) is 0.847. The van der Waals surface area contributed by atoms with Crippen molar-refractivity contribution in [3.8, 4) is 0 Å². The maximum Gasteiger partial charge on any atom is 0.308 e. The van der Waals surface area contributed by atoms with Crippen LogP contribution in [0.25, 0.3) is 0 Å². The number of hydrogen-bond donors (Lipinski definition) is 1. The molecule has 1 aliphatic rings. The number of carbonyl (C=O) groups is 1. The number of aryl methyl sites for hydroxylation is 1. The van der Waals surface area contributed by atoms with Gasteiger partial charge in [-0.3, -0.25) is 4.79 Å². The Kier molecular flexibility index (Phi) is 3.13. The van der Waals surface area contributed by atoms with E-state index < -0.39 is 5.97 Å². The lowest BCUT2D eigenvalue weighted by Gasteiger charge is -2.18. The highest BCUT2D eigenvalue weighted by Crippen LogP contribution is 2.24. The van der Waals surface area contributed by atoms with Gasteiger partial charge in [-0.05, 0) is 30.5 Å². The van der Waals surface area contributed by atoms with Crippen LogP contribution in [-0.2, 0) is 11.2 Å². The molecule has 0 spiro atoms. The molecule has 0 aromatic heterocycles. The standard InChI is InChI=1S/C13H17NO2/c1-2-10-4-3-5-12(8-10)14-7-6-11(9-14)13(15)16/h3-5,8,11H,2,6-7,9H2,1H3,(H,15,16). The van der Waals surface area contributed by atoms with Crippen LogP contribution >= 0.6 is 0 Å². The van der Waals surface area contributed by atoms with Gasteiger partial charge in [-0.2, -0.15) is 0 Å². The van der Waals surface area contributed by atoms with Crippen LogP contribution < -0.4 is 4.90 Å². The highest BCUT2D eigenvalue weighted by molar-refractivity contribution is 5.72. The minimum Gasteiger partial charge on any atom is -0.481 e. The first-order chi connectivity index (χ1) is 7.70. The van der Waals surface area contributed by atoms with Crippen molar-refractivity contribution in [2.75, 3.05) is 18.0 Å². The van der Waals surface area contributed by atoms with Crippen LogP contribution in [0.2, 0.25) is 0 Å². The van der Waals surface area contributed by atoms with Crippen LogP contribution in [0.15, 0.2) is 24.3 Å². The molecule has 3 heteroatoms. The van der Waals surface area contributed by atoms with Crippen LogP contribution in [0, 0.1) is 5.92 Å². The highest BCUT2D eigenvalue weighted by Gasteiger charge is 2.27. The number of nitrogens with zero attached hydrogens (tertiary/aromatic N) is 1. The zero-order chi connectivity index (χ0) is 11.5. The van der Waals surface area contributed by atoms with E-state index in [1.165, 1.54) is 5.56 Å². The molecule has 1 aromatic rings. The molecule has 1 N–H and O–H groups in total. The molecule has 0 aliphatic carbocycles. The number of hydrogen-bond acceptors (Lipinski definition) is 2. The summed E-state index contributed by atoms with van der Waals surface area (Å²) in [7, 11) is 0. The lowest BCUT2D eigenvalue weighted by molar-refractivity contribution is -0.140. The Morgan fingerprint density at radius 3 is 3.00 bits per heavy atom. The van der Waals surface area contributed by atoms with Crippen molar-refractivity contribution in [3.05, 3.63) is 29.8 Å². The van der Waals surface area contributed by atoms with Crippen LogP contribution in [0.5, 0.6) is 0 Å². The van der Waals surface area contributed by atoms with Gasteiger partial charge < -0.3 is 10.0 Å². The monoisotopic (exact) mass is 219 g/mol. The van der Waals surface area contributed by atoms with Crippen LogP contribution in [0.1, 0.15) is 18.9 Å². The molecule has 1 heterocycles. The van der Waals surface area contributed by atoms with E-state index in [4.69, 9.17) is 5.11 Å². The third kappa shape index (κ3) is 2.18. The van der Waals surface area contributed by atoms with Gasteiger partial charge in [0.2, 0.25) is 0 Å². The van der Waals surface area contributed by atoms with E-state index in [1.807, 2.05) is 6.07 Å². The molecule has 0 bridgehead atoms. The number of anilines is 1. The maximum absolute atomic E-state index is 10.9. The first kappa shape index (κ1) is 11.0. The molecule has 0 amide bonds. The first-order valence-electron chi connectivity index (χ1n) is 5.77. The third-order valence-corrected chi connectivity index (χ3v) is 3.22. The largest absolute Gasteiger partial charge is 0.481 e. The van der Waals surface area contributed by atoms with Gasteiger partial charge in [0.15, 0.2) is 0 Å². The van der Waals surface area contributed by atoms with E-state index in [0.29, 0.717) is 6.54 Å². The zero-order valence-corrected chi connectivity index (χ0v) is 9.52. The molecule has 0 saturated carbocycles. The molecular formula is C13H17NO2. The second kappa shape index (κ2) is 4.56. The Balaban J connectivity index is 2.11. The fraction of sp³-hybridized carbons (Fsp3) is 0.462. The second-order valence-electron chi connectivity index (χ2n) is 4.29. The fourth-order valence-electron chi connectivity index (χ4n) is 2.17. The van der Waals surface area contributed by atoms with Crippen LogP contribution in [0.4, 0.5) is 5.69 Å². The lowest BCUT2D eigenvalue weighted by Crippen LogP contribution is -2.22. The van der Waals surface area contributed by atoms with Crippen molar-refractivity contribution < 1.29 is 9.90 Å². The van der Waals surface area contributed by atoms with Gasteiger partial charge in [0, 0.05) is 18.8 Å². The topological polar surface area (TPSA) is 40.5 Å². The van der Waals surface area contributed by atoms with E-state index in [1.54, 1.807) is 0 Å². The van der Waals surface area contributed by atoms with Crippen molar-refractivity contribution >= 4 is 11.7 Å². The normalized spacial score (nSPS) is 20.1. The van der Waals surface area contributed by atoms with Crippen molar-refractivity contribution in [2.24, 2.45) is 5.92 Å². The summed E-state index contributed by atoms with van der Waals surface area (Å²) in [6.45, 7) is 3.62. The smallest absolute Gasteiger partial charge is 0.308 e. The average Bonchev–Trinajstić information content (AvgIpc) is 2.78. The third-order valence-electron chi connectivity index (χ3n) is 3.22. The van der Waals surface area contributed by atoms with E-state index >= 15 is 0 Å². The van der Waals surface area contributed by atoms with Gasteiger partial charge in [0.05, 0.1) is 5.92 Å². The Labute approximate surface area is 95.7 Å². The fourth-order valence-corrected chi connectivity index (χ4v) is 2.17. The zero-order valence-electron chi connectivity index (χ0n) is 9.52. The molecule has 1 aliphatic heterocycles.